The number of halogens is 2. The predicted molar refractivity (Wildman–Crippen MR) is 75.7 cm³/mol. The number of benzene rings is 1. The first-order valence-electron chi connectivity index (χ1n) is 5.13. The maximum Gasteiger partial charge on any atom is 0.226 e. The van der Waals surface area contributed by atoms with E-state index in [1.807, 2.05) is 31.2 Å². The highest BCUT2D eigenvalue weighted by molar-refractivity contribution is 14.1. The summed E-state index contributed by atoms with van der Waals surface area (Å²) in [6, 6.07) is 7.75. The summed E-state index contributed by atoms with van der Waals surface area (Å²) in [5.41, 5.74) is 0.827. The van der Waals surface area contributed by atoms with Crippen LogP contribution in [0.2, 0.25) is 5.15 Å². The van der Waals surface area contributed by atoms with E-state index in [9.17, 15) is 0 Å². The molecular weight excluding hydrogens is 351 g/mol. The molecule has 2 rings (SSSR count). The summed E-state index contributed by atoms with van der Waals surface area (Å²) in [5, 5.41) is 0.447. The first-order valence-corrected chi connectivity index (χ1v) is 6.59. The molecule has 0 fully saturated rings. The zero-order chi connectivity index (χ0) is 12.3. The molecule has 0 aliphatic heterocycles. The zero-order valence-electron chi connectivity index (χ0n) is 9.15. The third kappa shape index (κ3) is 3.07. The third-order valence-corrected chi connectivity index (χ3v) is 3.28. The monoisotopic (exact) mass is 360 g/mol. The molecule has 0 unspecified atom stereocenters. The lowest BCUT2D eigenvalue weighted by molar-refractivity contribution is 0.455. The quantitative estimate of drug-likeness (QED) is 0.611. The number of aromatic nitrogens is 2. The van der Waals surface area contributed by atoms with Crippen LogP contribution in [-0.4, -0.2) is 9.97 Å². The summed E-state index contributed by atoms with van der Waals surface area (Å²) in [7, 11) is 0. The molecule has 0 radical (unpaired) electrons. The summed E-state index contributed by atoms with van der Waals surface area (Å²) < 4.78 is 6.86. The van der Waals surface area contributed by atoms with Crippen LogP contribution in [0.4, 0.5) is 0 Å². The normalized spacial score (nSPS) is 10.3. The van der Waals surface area contributed by atoms with Crippen molar-refractivity contribution in [3.63, 3.8) is 0 Å². The second-order valence-corrected chi connectivity index (χ2v) is 4.96. The predicted octanol–water partition coefficient (Wildman–Crippen LogP) is 4.09. The van der Waals surface area contributed by atoms with Gasteiger partial charge in [-0.3, -0.25) is 0 Å². The molecule has 0 aliphatic rings. The maximum absolute atomic E-state index is 5.99. The minimum absolute atomic E-state index is 0.447. The highest BCUT2D eigenvalue weighted by atomic mass is 127. The van der Waals surface area contributed by atoms with Crippen molar-refractivity contribution in [3.8, 4) is 11.6 Å². The Hall–Kier alpha value is -0.880. The van der Waals surface area contributed by atoms with Gasteiger partial charge in [-0.25, -0.2) is 9.97 Å². The van der Waals surface area contributed by atoms with E-state index in [0.717, 1.165) is 21.3 Å². The highest BCUT2D eigenvalue weighted by Crippen LogP contribution is 2.27. The highest BCUT2D eigenvalue weighted by Gasteiger charge is 2.09. The van der Waals surface area contributed by atoms with Gasteiger partial charge < -0.3 is 4.74 Å². The maximum atomic E-state index is 5.99. The van der Waals surface area contributed by atoms with Gasteiger partial charge >= 0.3 is 0 Å². The summed E-state index contributed by atoms with van der Waals surface area (Å²) in [5.74, 6) is 1.27. The van der Waals surface area contributed by atoms with Crippen molar-refractivity contribution in [2.75, 3.05) is 0 Å². The van der Waals surface area contributed by atoms with Crippen LogP contribution in [0.25, 0.3) is 0 Å². The average molecular weight is 361 g/mol. The van der Waals surface area contributed by atoms with Crippen LogP contribution in [0.5, 0.6) is 11.6 Å². The molecule has 3 nitrogen and oxygen atoms in total. The first kappa shape index (κ1) is 12.6. The van der Waals surface area contributed by atoms with E-state index in [1.165, 1.54) is 6.33 Å². The Kier molecular flexibility index (Phi) is 4.17. The van der Waals surface area contributed by atoms with Crippen molar-refractivity contribution in [2.45, 2.75) is 13.3 Å². The number of ether oxygens (including phenoxy) is 1. The van der Waals surface area contributed by atoms with E-state index in [4.69, 9.17) is 16.3 Å². The van der Waals surface area contributed by atoms with Crippen molar-refractivity contribution in [2.24, 2.45) is 0 Å². The Morgan fingerprint density at radius 1 is 1.24 bits per heavy atom. The topological polar surface area (TPSA) is 35.0 Å². The molecule has 0 aliphatic carbocycles. The fourth-order valence-electron chi connectivity index (χ4n) is 1.38. The van der Waals surface area contributed by atoms with Gasteiger partial charge in [0.2, 0.25) is 5.88 Å². The smallest absolute Gasteiger partial charge is 0.226 e. The molecule has 0 saturated carbocycles. The molecule has 2 aromatic rings. The van der Waals surface area contributed by atoms with Gasteiger partial charge in [0.15, 0.2) is 0 Å². The zero-order valence-corrected chi connectivity index (χ0v) is 12.1. The van der Waals surface area contributed by atoms with Crippen LogP contribution in [0.15, 0.2) is 30.6 Å². The Bertz CT molecular complexity index is 516. The lowest BCUT2D eigenvalue weighted by Crippen LogP contribution is -1.96. The van der Waals surface area contributed by atoms with Crippen LogP contribution in [-0.2, 0) is 6.42 Å². The first-order chi connectivity index (χ1) is 8.20. The van der Waals surface area contributed by atoms with Gasteiger partial charge in [0.05, 0.1) is 5.56 Å². The third-order valence-electron chi connectivity index (χ3n) is 2.23. The van der Waals surface area contributed by atoms with Crippen LogP contribution >= 0.6 is 34.2 Å². The molecule has 0 bridgehead atoms. The standard InChI is InChI=1S/C12H10ClIN2O/c1-2-10-11(13)15-7-16-12(10)17-9-5-3-8(14)4-6-9/h3-7H,2H2,1H3. The van der Waals surface area contributed by atoms with E-state index in [1.54, 1.807) is 0 Å². The molecule has 0 spiro atoms. The molecular formula is C12H10ClIN2O. The van der Waals surface area contributed by atoms with E-state index >= 15 is 0 Å². The molecule has 0 saturated heterocycles. The van der Waals surface area contributed by atoms with Gasteiger partial charge in [-0.05, 0) is 53.3 Å². The van der Waals surface area contributed by atoms with Crippen LogP contribution in [0.1, 0.15) is 12.5 Å². The minimum Gasteiger partial charge on any atom is -0.439 e. The number of hydrogen-bond donors (Lipinski definition) is 0. The van der Waals surface area contributed by atoms with Crippen LogP contribution in [0, 0.1) is 3.57 Å². The number of nitrogens with zero attached hydrogens (tertiary/aromatic N) is 2. The molecule has 1 aromatic carbocycles. The molecule has 0 amide bonds. The average Bonchev–Trinajstić information content (AvgIpc) is 2.32. The summed E-state index contributed by atoms with van der Waals surface area (Å²) in [6.07, 6.45) is 2.14. The lowest BCUT2D eigenvalue weighted by atomic mass is 10.2. The van der Waals surface area contributed by atoms with Gasteiger partial charge in [0.1, 0.15) is 17.2 Å². The van der Waals surface area contributed by atoms with Gasteiger partial charge in [-0.1, -0.05) is 18.5 Å². The van der Waals surface area contributed by atoms with E-state index in [-0.39, 0.29) is 0 Å². The van der Waals surface area contributed by atoms with Gasteiger partial charge in [-0.15, -0.1) is 0 Å². The van der Waals surface area contributed by atoms with Gasteiger partial charge in [0, 0.05) is 3.57 Å². The van der Waals surface area contributed by atoms with Gasteiger partial charge in [0.25, 0.3) is 0 Å². The van der Waals surface area contributed by atoms with E-state index in [2.05, 4.69) is 32.6 Å². The Balaban J connectivity index is 2.29. The van der Waals surface area contributed by atoms with Crippen molar-refractivity contribution >= 4 is 34.2 Å². The van der Waals surface area contributed by atoms with Crippen LogP contribution in [0.3, 0.4) is 0 Å². The minimum atomic E-state index is 0.447. The van der Waals surface area contributed by atoms with Gasteiger partial charge in [-0.2, -0.15) is 0 Å². The van der Waals surface area contributed by atoms with E-state index in [0.29, 0.717) is 11.0 Å². The van der Waals surface area contributed by atoms with Crippen molar-refractivity contribution < 1.29 is 4.74 Å². The molecule has 88 valence electrons. The Labute approximate surface area is 118 Å². The van der Waals surface area contributed by atoms with Crippen molar-refractivity contribution in [1.82, 2.24) is 9.97 Å². The lowest BCUT2D eigenvalue weighted by Gasteiger charge is -2.09. The van der Waals surface area contributed by atoms with E-state index < -0.39 is 0 Å². The second kappa shape index (κ2) is 5.64. The molecule has 17 heavy (non-hydrogen) atoms. The number of rotatable bonds is 3. The fourth-order valence-corrected chi connectivity index (χ4v) is 1.99. The molecule has 5 heteroatoms. The van der Waals surface area contributed by atoms with Crippen molar-refractivity contribution in [3.05, 3.63) is 44.9 Å². The SMILES string of the molecule is CCc1c(Cl)ncnc1Oc1ccc(I)cc1. The summed E-state index contributed by atoms with van der Waals surface area (Å²) >= 11 is 8.23. The molecule has 1 aromatic heterocycles. The fraction of sp³-hybridized carbons (Fsp3) is 0.167. The molecule has 1 heterocycles. The number of hydrogen-bond acceptors (Lipinski definition) is 3. The summed E-state index contributed by atoms with van der Waals surface area (Å²) in [6.45, 7) is 1.99. The Morgan fingerprint density at radius 2 is 1.94 bits per heavy atom. The van der Waals surface area contributed by atoms with Crippen molar-refractivity contribution in [1.29, 1.82) is 0 Å². The second-order valence-electron chi connectivity index (χ2n) is 3.36. The molecule has 0 N–H and O–H groups in total. The largest absolute Gasteiger partial charge is 0.439 e. The summed E-state index contributed by atoms with van der Waals surface area (Å²) in [4.78, 5) is 8.05. The molecule has 0 atom stereocenters. The Morgan fingerprint density at radius 3 is 2.59 bits per heavy atom. The van der Waals surface area contributed by atoms with Crippen LogP contribution < -0.4 is 4.74 Å².